The van der Waals surface area contributed by atoms with Gasteiger partial charge in [0.2, 0.25) is 0 Å². The normalized spacial score (nSPS) is 12.3. The topological polar surface area (TPSA) is 28.7 Å². The molecule has 2 rings (SSSR count). The Morgan fingerprint density at radius 1 is 1.36 bits per heavy atom. The quantitative estimate of drug-likeness (QED) is 0.705. The van der Waals surface area contributed by atoms with E-state index in [4.69, 9.17) is 11.6 Å². The van der Waals surface area contributed by atoms with Gasteiger partial charge in [-0.25, -0.2) is 0 Å². The van der Waals surface area contributed by atoms with Crippen molar-refractivity contribution in [2.75, 3.05) is 0 Å². The Bertz CT molecular complexity index is 466. The maximum atomic E-state index is 6.28. The lowest BCUT2D eigenvalue weighted by atomic mass is 9.92. The molecule has 0 radical (unpaired) electrons. The summed E-state index contributed by atoms with van der Waals surface area (Å²) in [5, 5.41) is 1.86. The van der Waals surface area contributed by atoms with E-state index in [2.05, 4.69) is 30.7 Å². The van der Waals surface area contributed by atoms with Crippen LogP contribution in [0, 0.1) is 0 Å². The average molecular weight is 209 g/mol. The molecule has 0 aromatic carbocycles. The highest BCUT2D eigenvalue weighted by Gasteiger charge is 2.21. The van der Waals surface area contributed by atoms with Crippen molar-refractivity contribution in [3.05, 3.63) is 29.2 Å². The van der Waals surface area contributed by atoms with Gasteiger partial charge in [0.05, 0.1) is 16.7 Å². The summed E-state index contributed by atoms with van der Waals surface area (Å²) in [5.41, 5.74) is 2.11. The largest absolute Gasteiger partial charge is 0.355 e. The Morgan fingerprint density at radius 2 is 2.07 bits per heavy atom. The smallest absolute Gasteiger partial charge is 0.0698 e. The summed E-state index contributed by atoms with van der Waals surface area (Å²) in [5.74, 6) is 0. The molecule has 0 aliphatic rings. The van der Waals surface area contributed by atoms with Crippen LogP contribution in [0.3, 0.4) is 0 Å². The van der Waals surface area contributed by atoms with Crippen LogP contribution in [0.4, 0.5) is 0 Å². The number of nitrogens with one attached hydrogen (secondary N) is 1. The molecule has 2 aromatic rings. The van der Waals surface area contributed by atoms with E-state index in [0.29, 0.717) is 0 Å². The Hall–Kier alpha value is -1.02. The second kappa shape index (κ2) is 2.99. The van der Waals surface area contributed by atoms with Crippen LogP contribution in [-0.2, 0) is 5.41 Å². The number of hydrogen-bond donors (Lipinski definition) is 1. The minimum absolute atomic E-state index is 0.0378. The fourth-order valence-electron chi connectivity index (χ4n) is 1.53. The summed E-state index contributed by atoms with van der Waals surface area (Å²) in [4.78, 5) is 7.37. The van der Waals surface area contributed by atoms with Gasteiger partial charge in [0.1, 0.15) is 0 Å². The molecule has 14 heavy (non-hydrogen) atoms. The van der Waals surface area contributed by atoms with E-state index in [0.717, 1.165) is 21.6 Å². The molecule has 2 nitrogen and oxygen atoms in total. The van der Waals surface area contributed by atoms with Crippen LogP contribution >= 0.6 is 11.6 Å². The zero-order valence-electron chi connectivity index (χ0n) is 8.56. The molecule has 0 fully saturated rings. The fourth-order valence-corrected chi connectivity index (χ4v) is 2.02. The van der Waals surface area contributed by atoms with E-state index in [-0.39, 0.29) is 5.41 Å². The van der Waals surface area contributed by atoms with Crippen LogP contribution < -0.4 is 0 Å². The van der Waals surface area contributed by atoms with Crippen molar-refractivity contribution in [2.45, 2.75) is 26.2 Å². The average Bonchev–Trinajstić information content (AvgIpc) is 2.44. The number of nitrogens with zero attached hydrogens (tertiary/aromatic N) is 1. The molecule has 2 heterocycles. The summed E-state index contributed by atoms with van der Waals surface area (Å²) in [7, 11) is 0. The number of aromatic amines is 1. The lowest BCUT2D eigenvalue weighted by Gasteiger charge is -2.16. The van der Waals surface area contributed by atoms with Gasteiger partial charge in [0, 0.05) is 22.7 Å². The summed E-state index contributed by atoms with van der Waals surface area (Å²) in [6.07, 6.45) is 3.56. The lowest BCUT2D eigenvalue weighted by molar-refractivity contribution is 0.574. The molecule has 0 spiro atoms. The van der Waals surface area contributed by atoms with Crippen LogP contribution in [0.2, 0.25) is 5.02 Å². The molecule has 74 valence electrons. The van der Waals surface area contributed by atoms with Crippen molar-refractivity contribution in [2.24, 2.45) is 0 Å². The number of H-pyrrole nitrogens is 1. The van der Waals surface area contributed by atoms with E-state index in [1.54, 1.807) is 12.4 Å². The van der Waals surface area contributed by atoms with Crippen molar-refractivity contribution < 1.29 is 0 Å². The van der Waals surface area contributed by atoms with Crippen molar-refractivity contribution in [3.63, 3.8) is 0 Å². The Morgan fingerprint density at radius 3 is 2.64 bits per heavy atom. The second-order valence-corrected chi connectivity index (χ2v) is 4.86. The van der Waals surface area contributed by atoms with Gasteiger partial charge in [0.25, 0.3) is 0 Å². The van der Waals surface area contributed by atoms with Crippen molar-refractivity contribution >= 4 is 22.5 Å². The van der Waals surface area contributed by atoms with Crippen molar-refractivity contribution in [1.29, 1.82) is 0 Å². The molecule has 0 aliphatic heterocycles. The molecular weight excluding hydrogens is 196 g/mol. The van der Waals surface area contributed by atoms with E-state index in [1.165, 1.54) is 0 Å². The third-order valence-corrected chi connectivity index (χ3v) is 2.68. The van der Waals surface area contributed by atoms with Crippen LogP contribution in [-0.4, -0.2) is 9.97 Å². The molecule has 3 heteroatoms. The minimum Gasteiger partial charge on any atom is -0.355 e. The van der Waals surface area contributed by atoms with E-state index in [9.17, 15) is 0 Å². The minimum atomic E-state index is 0.0378. The molecule has 0 saturated carbocycles. The van der Waals surface area contributed by atoms with Crippen molar-refractivity contribution in [1.82, 2.24) is 9.97 Å². The third kappa shape index (κ3) is 1.40. The number of aromatic nitrogens is 2. The molecular formula is C11H13ClN2. The monoisotopic (exact) mass is 208 g/mol. The van der Waals surface area contributed by atoms with E-state index >= 15 is 0 Å². The maximum absolute atomic E-state index is 6.28. The number of rotatable bonds is 0. The zero-order valence-corrected chi connectivity index (χ0v) is 9.31. The summed E-state index contributed by atoms with van der Waals surface area (Å²) < 4.78 is 0. The lowest BCUT2D eigenvalue weighted by Crippen LogP contribution is -2.11. The molecule has 0 saturated heterocycles. The van der Waals surface area contributed by atoms with E-state index in [1.807, 2.05) is 6.07 Å². The van der Waals surface area contributed by atoms with Crippen LogP contribution in [0.1, 0.15) is 26.5 Å². The number of fused-ring (bicyclic) bond motifs is 1. The standard InChI is InChI=1S/C11H13ClN2/c1-11(2,3)10-9(12)7-4-5-13-6-8(7)14-10/h4-6,14H,1-3H3. The van der Waals surface area contributed by atoms with Crippen LogP contribution in [0.25, 0.3) is 10.9 Å². The summed E-state index contributed by atoms with van der Waals surface area (Å²) in [6, 6.07) is 1.93. The van der Waals surface area contributed by atoms with Gasteiger partial charge in [-0.05, 0) is 6.07 Å². The van der Waals surface area contributed by atoms with Gasteiger partial charge < -0.3 is 4.98 Å². The number of hydrogen-bond acceptors (Lipinski definition) is 1. The molecule has 0 amide bonds. The fraction of sp³-hybridized carbons (Fsp3) is 0.364. The molecule has 2 aromatic heterocycles. The Balaban J connectivity index is 2.75. The Labute approximate surface area is 88.3 Å². The highest BCUT2D eigenvalue weighted by Crippen LogP contribution is 2.34. The highest BCUT2D eigenvalue weighted by molar-refractivity contribution is 6.36. The van der Waals surface area contributed by atoms with Gasteiger partial charge in [-0.15, -0.1) is 0 Å². The molecule has 0 aliphatic carbocycles. The second-order valence-electron chi connectivity index (χ2n) is 4.49. The van der Waals surface area contributed by atoms with Gasteiger partial charge in [0.15, 0.2) is 0 Å². The van der Waals surface area contributed by atoms with Crippen LogP contribution in [0.5, 0.6) is 0 Å². The molecule has 1 N–H and O–H groups in total. The molecule has 0 atom stereocenters. The summed E-state index contributed by atoms with van der Waals surface area (Å²) >= 11 is 6.28. The molecule has 0 unspecified atom stereocenters. The Kier molecular flexibility index (Phi) is 2.04. The SMILES string of the molecule is CC(C)(C)c1[nH]c2cnccc2c1Cl. The first kappa shape index (κ1) is 9.53. The van der Waals surface area contributed by atoms with Gasteiger partial charge in [-0.3, -0.25) is 4.98 Å². The van der Waals surface area contributed by atoms with Gasteiger partial charge >= 0.3 is 0 Å². The zero-order chi connectivity index (χ0) is 10.3. The predicted octanol–water partition coefficient (Wildman–Crippen LogP) is 3.51. The number of halogens is 1. The third-order valence-electron chi connectivity index (χ3n) is 2.29. The predicted molar refractivity (Wildman–Crippen MR) is 59.8 cm³/mol. The molecule has 0 bridgehead atoms. The maximum Gasteiger partial charge on any atom is 0.0698 e. The first-order valence-corrected chi connectivity index (χ1v) is 4.99. The first-order valence-electron chi connectivity index (χ1n) is 4.62. The van der Waals surface area contributed by atoms with Crippen molar-refractivity contribution in [3.8, 4) is 0 Å². The first-order chi connectivity index (χ1) is 6.50. The summed E-state index contributed by atoms with van der Waals surface area (Å²) in [6.45, 7) is 6.41. The van der Waals surface area contributed by atoms with Gasteiger partial charge in [-0.2, -0.15) is 0 Å². The van der Waals surface area contributed by atoms with Crippen LogP contribution in [0.15, 0.2) is 18.5 Å². The van der Waals surface area contributed by atoms with E-state index < -0.39 is 0 Å². The highest BCUT2D eigenvalue weighted by atomic mass is 35.5. The van der Waals surface area contributed by atoms with Gasteiger partial charge in [-0.1, -0.05) is 32.4 Å². The number of pyridine rings is 1.